The molecule has 3 rings (SSSR count). The van der Waals surface area contributed by atoms with E-state index in [4.69, 9.17) is 11.6 Å². The second-order valence-electron chi connectivity index (χ2n) is 9.31. The van der Waals surface area contributed by atoms with Crippen LogP contribution in [0.3, 0.4) is 0 Å². The molecule has 0 bridgehead atoms. The van der Waals surface area contributed by atoms with Gasteiger partial charge < -0.3 is 10.2 Å². The van der Waals surface area contributed by atoms with Crippen molar-refractivity contribution in [2.45, 2.75) is 57.6 Å². The zero-order valence-corrected chi connectivity index (χ0v) is 23.7. The Kier molecular flexibility index (Phi) is 9.94. The molecule has 0 spiro atoms. The summed E-state index contributed by atoms with van der Waals surface area (Å²) in [6.45, 7) is 7.00. The zero-order valence-electron chi connectivity index (χ0n) is 22.1. The molecule has 1 N–H and O–H groups in total. The Bertz CT molecular complexity index is 1350. The van der Waals surface area contributed by atoms with Crippen LogP contribution in [-0.2, 0) is 26.2 Å². The summed E-state index contributed by atoms with van der Waals surface area (Å²) in [5.41, 5.74) is 1.98. The number of benzene rings is 3. The SMILES string of the molecule is CC[C@@H](C)NC(=O)[C@H](C)N(Cc1ccccc1)C(=O)CN(c1cccc(Cl)c1)S(=O)(=O)c1ccc(C)cc1. The summed E-state index contributed by atoms with van der Waals surface area (Å²) >= 11 is 6.20. The van der Waals surface area contributed by atoms with E-state index in [0.29, 0.717) is 5.02 Å². The van der Waals surface area contributed by atoms with E-state index in [0.717, 1.165) is 21.9 Å². The van der Waals surface area contributed by atoms with Gasteiger partial charge >= 0.3 is 0 Å². The second kappa shape index (κ2) is 12.9. The number of nitrogens with one attached hydrogen (secondary N) is 1. The van der Waals surface area contributed by atoms with Gasteiger partial charge in [0.1, 0.15) is 12.6 Å². The van der Waals surface area contributed by atoms with Crippen molar-refractivity contribution in [3.8, 4) is 0 Å². The predicted molar refractivity (Wildman–Crippen MR) is 152 cm³/mol. The lowest BCUT2D eigenvalue weighted by atomic mass is 10.1. The van der Waals surface area contributed by atoms with Gasteiger partial charge in [0, 0.05) is 17.6 Å². The van der Waals surface area contributed by atoms with Gasteiger partial charge in [-0.3, -0.25) is 13.9 Å². The Labute approximate surface area is 230 Å². The number of sulfonamides is 1. The number of aryl methyl sites for hydroxylation is 1. The summed E-state index contributed by atoms with van der Waals surface area (Å²) in [4.78, 5) is 28.4. The van der Waals surface area contributed by atoms with Gasteiger partial charge in [0.25, 0.3) is 10.0 Å². The molecule has 3 aromatic rings. The van der Waals surface area contributed by atoms with E-state index in [1.165, 1.54) is 23.1 Å². The molecule has 0 saturated carbocycles. The van der Waals surface area contributed by atoms with Crippen molar-refractivity contribution in [2.75, 3.05) is 10.8 Å². The van der Waals surface area contributed by atoms with E-state index in [-0.39, 0.29) is 29.1 Å². The highest BCUT2D eigenvalue weighted by molar-refractivity contribution is 7.92. The highest BCUT2D eigenvalue weighted by Crippen LogP contribution is 2.27. The molecule has 0 fully saturated rings. The minimum absolute atomic E-state index is 0.0491. The molecule has 3 aromatic carbocycles. The first-order chi connectivity index (χ1) is 18.0. The average molecular weight is 556 g/mol. The number of carbonyl (C=O) groups is 2. The van der Waals surface area contributed by atoms with Crippen LogP contribution < -0.4 is 9.62 Å². The van der Waals surface area contributed by atoms with E-state index >= 15 is 0 Å². The molecule has 0 unspecified atom stereocenters. The monoisotopic (exact) mass is 555 g/mol. The van der Waals surface area contributed by atoms with Crippen molar-refractivity contribution in [1.29, 1.82) is 0 Å². The van der Waals surface area contributed by atoms with Crippen molar-refractivity contribution in [3.05, 3.63) is 95.0 Å². The van der Waals surface area contributed by atoms with Crippen LogP contribution in [0.5, 0.6) is 0 Å². The number of amides is 2. The van der Waals surface area contributed by atoms with E-state index < -0.39 is 28.5 Å². The first-order valence-corrected chi connectivity index (χ1v) is 14.3. The van der Waals surface area contributed by atoms with Crippen molar-refractivity contribution < 1.29 is 18.0 Å². The average Bonchev–Trinajstić information content (AvgIpc) is 2.90. The molecule has 0 radical (unpaired) electrons. The van der Waals surface area contributed by atoms with Crippen LogP contribution in [-0.4, -0.2) is 43.8 Å². The molecule has 0 aliphatic rings. The Hall–Kier alpha value is -3.36. The van der Waals surface area contributed by atoms with E-state index in [9.17, 15) is 18.0 Å². The minimum atomic E-state index is -4.13. The molecule has 9 heteroatoms. The first-order valence-electron chi connectivity index (χ1n) is 12.5. The summed E-state index contributed by atoms with van der Waals surface area (Å²) in [5, 5.41) is 3.26. The van der Waals surface area contributed by atoms with Crippen molar-refractivity contribution >= 4 is 39.1 Å². The smallest absolute Gasteiger partial charge is 0.264 e. The number of carbonyl (C=O) groups excluding carboxylic acids is 2. The molecular weight excluding hydrogens is 522 g/mol. The second-order valence-corrected chi connectivity index (χ2v) is 11.6. The fourth-order valence-electron chi connectivity index (χ4n) is 3.83. The third-order valence-corrected chi connectivity index (χ3v) is 8.37. The molecule has 0 aliphatic carbocycles. The summed E-state index contributed by atoms with van der Waals surface area (Å²) in [6, 6.07) is 21.2. The molecule has 202 valence electrons. The molecule has 2 atom stereocenters. The van der Waals surface area contributed by atoms with Crippen LogP contribution in [0.15, 0.2) is 83.8 Å². The number of rotatable bonds is 11. The third kappa shape index (κ3) is 7.36. The maximum Gasteiger partial charge on any atom is 0.264 e. The first kappa shape index (κ1) is 29.2. The Morgan fingerprint density at radius 2 is 1.61 bits per heavy atom. The molecule has 0 aliphatic heterocycles. The molecule has 2 amide bonds. The lowest BCUT2D eigenvalue weighted by molar-refractivity contribution is -0.139. The van der Waals surface area contributed by atoms with Gasteiger partial charge in [-0.15, -0.1) is 0 Å². The van der Waals surface area contributed by atoms with Gasteiger partial charge in [-0.05, 0) is 63.1 Å². The molecular formula is C29H34ClN3O4S. The summed E-state index contributed by atoms with van der Waals surface area (Å²) in [6.07, 6.45) is 0.739. The Balaban J connectivity index is 2.01. The lowest BCUT2D eigenvalue weighted by Gasteiger charge is -2.32. The maximum atomic E-state index is 13.9. The van der Waals surface area contributed by atoms with Crippen molar-refractivity contribution in [2.24, 2.45) is 0 Å². The quantitative estimate of drug-likeness (QED) is 0.353. The van der Waals surface area contributed by atoms with E-state index in [1.54, 1.807) is 37.3 Å². The third-order valence-electron chi connectivity index (χ3n) is 6.35. The fourth-order valence-corrected chi connectivity index (χ4v) is 5.42. The number of anilines is 1. The van der Waals surface area contributed by atoms with Crippen LogP contribution in [0.1, 0.15) is 38.3 Å². The number of hydrogen-bond acceptors (Lipinski definition) is 4. The lowest BCUT2D eigenvalue weighted by Crippen LogP contribution is -2.52. The minimum Gasteiger partial charge on any atom is -0.352 e. The van der Waals surface area contributed by atoms with Crippen LogP contribution in [0.2, 0.25) is 5.02 Å². The van der Waals surface area contributed by atoms with Gasteiger partial charge in [0.2, 0.25) is 11.8 Å². The number of halogens is 1. The largest absolute Gasteiger partial charge is 0.352 e. The van der Waals surface area contributed by atoms with Crippen molar-refractivity contribution in [3.63, 3.8) is 0 Å². The predicted octanol–water partition coefficient (Wildman–Crippen LogP) is 5.18. The van der Waals surface area contributed by atoms with Crippen LogP contribution in [0.4, 0.5) is 5.69 Å². The van der Waals surface area contributed by atoms with Gasteiger partial charge in [-0.2, -0.15) is 0 Å². The molecule has 0 heterocycles. The van der Waals surface area contributed by atoms with E-state index in [1.807, 2.05) is 51.1 Å². The van der Waals surface area contributed by atoms with Crippen LogP contribution in [0, 0.1) is 6.92 Å². The Morgan fingerprint density at radius 3 is 2.21 bits per heavy atom. The zero-order chi connectivity index (χ0) is 27.9. The maximum absolute atomic E-state index is 13.9. The highest BCUT2D eigenvalue weighted by atomic mass is 35.5. The standard InChI is InChI=1S/C29H34ClN3O4S/c1-5-22(3)31-29(35)23(4)32(19-24-10-7-6-8-11-24)28(34)20-33(26-13-9-12-25(30)18-26)38(36,37)27-16-14-21(2)15-17-27/h6-18,22-23H,5,19-20H2,1-4H3,(H,31,35)/t22-,23+/m1/s1. The topological polar surface area (TPSA) is 86.8 Å². The summed E-state index contributed by atoms with van der Waals surface area (Å²) < 4.78 is 28.6. The number of nitrogens with zero attached hydrogens (tertiary/aromatic N) is 2. The van der Waals surface area contributed by atoms with Crippen molar-refractivity contribution in [1.82, 2.24) is 10.2 Å². The molecule has 38 heavy (non-hydrogen) atoms. The van der Waals surface area contributed by atoms with Gasteiger partial charge in [0.05, 0.1) is 10.6 Å². The van der Waals surface area contributed by atoms with Crippen LogP contribution in [0.25, 0.3) is 0 Å². The fraction of sp³-hybridized carbons (Fsp3) is 0.310. The van der Waals surface area contributed by atoms with Gasteiger partial charge in [-0.25, -0.2) is 8.42 Å². The number of hydrogen-bond donors (Lipinski definition) is 1. The molecule has 0 saturated heterocycles. The normalized spacial score (nSPS) is 12.9. The highest BCUT2D eigenvalue weighted by Gasteiger charge is 2.32. The molecule has 0 aromatic heterocycles. The summed E-state index contributed by atoms with van der Waals surface area (Å²) in [5.74, 6) is -0.823. The van der Waals surface area contributed by atoms with E-state index in [2.05, 4.69) is 5.32 Å². The van der Waals surface area contributed by atoms with Gasteiger partial charge in [-0.1, -0.05) is 72.6 Å². The summed E-state index contributed by atoms with van der Waals surface area (Å²) in [7, 11) is -4.13. The Morgan fingerprint density at radius 1 is 0.947 bits per heavy atom. The van der Waals surface area contributed by atoms with Gasteiger partial charge in [0.15, 0.2) is 0 Å². The van der Waals surface area contributed by atoms with Crippen LogP contribution >= 0.6 is 11.6 Å². The molecule has 7 nitrogen and oxygen atoms in total.